The molecule has 0 saturated heterocycles. The Morgan fingerprint density at radius 3 is 2.53 bits per heavy atom. The lowest BCUT2D eigenvalue weighted by atomic mass is 9.91. The Balaban J connectivity index is 2.21. The molecule has 0 heterocycles. The average Bonchev–Trinajstić information content (AvgIpc) is 2.67. The van der Waals surface area contributed by atoms with Crippen molar-refractivity contribution in [1.82, 2.24) is 0 Å². The van der Waals surface area contributed by atoms with E-state index in [0.29, 0.717) is 16.5 Å². The van der Waals surface area contributed by atoms with Gasteiger partial charge >= 0.3 is 5.97 Å². The normalized spacial score (nSPS) is 21.3. The molecule has 0 spiro atoms. The van der Waals surface area contributed by atoms with Gasteiger partial charge in [0.25, 0.3) is 0 Å². The molecule has 1 aliphatic rings. The number of benzene rings is 1. The van der Waals surface area contributed by atoms with Crippen molar-refractivity contribution >= 4 is 23.3 Å². The Hall–Kier alpha value is -1.22. The highest BCUT2D eigenvalue weighted by molar-refractivity contribution is 6.30. The predicted molar refractivity (Wildman–Crippen MR) is 77.9 cm³/mol. The molecule has 19 heavy (non-hydrogen) atoms. The molecule has 1 N–H and O–H groups in total. The van der Waals surface area contributed by atoms with Crippen molar-refractivity contribution in [2.75, 3.05) is 11.4 Å². The van der Waals surface area contributed by atoms with Gasteiger partial charge in [0, 0.05) is 16.8 Å². The Kier molecular flexibility index (Phi) is 4.04. The minimum atomic E-state index is -0.792. The van der Waals surface area contributed by atoms with E-state index in [1.54, 1.807) is 0 Å². The fourth-order valence-corrected chi connectivity index (χ4v) is 3.00. The number of carbonyl (C=O) groups is 1. The van der Waals surface area contributed by atoms with Crippen molar-refractivity contribution < 1.29 is 9.90 Å². The molecule has 1 aromatic rings. The second-order valence-electron chi connectivity index (χ2n) is 6.06. The van der Waals surface area contributed by atoms with Crippen LogP contribution >= 0.6 is 11.6 Å². The van der Waals surface area contributed by atoms with Crippen LogP contribution in [0.3, 0.4) is 0 Å². The summed E-state index contributed by atoms with van der Waals surface area (Å²) in [5.74, 6) is -0.792. The van der Waals surface area contributed by atoms with E-state index in [1.807, 2.05) is 29.2 Å². The number of nitrogens with zero attached hydrogens (tertiary/aromatic N) is 1. The van der Waals surface area contributed by atoms with E-state index in [4.69, 9.17) is 16.7 Å². The Bertz CT molecular complexity index is 456. The van der Waals surface area contributed by atoms with Gasteiger partial charge in [-0.25, -0.2) is 0 Å². The minimum absolute atomic E-state index is 0.0440. The van der Waals surface area contributed by atoms with E-state index in [1.165, 1.54) is 0 Å². The molecular weight excluding hydrogens is 262 g/mol. The average molecular weight is 282 g/mol. The van der Waals surface area contributed by atoms with Gasteiger partial charge < -0.3 is 10.0 Å². The monoisotopic (exact) mass is 281 g/mol. The van der Waals surface area contributed by atoms with E-state index in [2.05, 4.69) is 13.8 Å². The van der Waals surface area contributed by atoms with E-state index < -0.39 is 5.97 Å². The van der Waals surface area contributed by atoms with Crippen LogP contribution in [0.1, 0.15) is 33.1 Å². The summed E-state index contributed by atoms with van der Waals surface area (Å²) < 4.78 is 0. The van der Waals surface area contributed by atoms with Crippen molar-refractivity contribution in [2.24, 2.45) is 5.41 Å². The van der Waals surface area contributed by atoms with Crippen molar-refractivity contribution in [2.45, 2.75) is 39.2 Å². The third-order valence-electron chi connectivity index (χ3n) is 3.85. The third kappa shape index (κ3) is 3.63. The maximum Gasteiger partial charge on any atom is 0.323 e. The lowest BCUT2D eigenvalue weighted by Gasteiger charge is -2.30. The molecule has 104 valence electrons. The second kappa shape index (κ2) is 5.41. The van der Waals surface area contributed by atoms with E-state index >= 15 is 0 Å². The fraction of sp³-hybridized carbons (Fsp3) is 0.533. The molecule has 4 heteroatoms. The zero-order chi connectivity index (χ0) is 14.0. The standard InChI is InChI=1S/C15H20ClNO2/c1-15(2)8-7-13(9-15)17(10-14(18)19)12-5-3-11(16)4-6-12/h3-6,13H,7-10H2,1-2H3,(H,18,19). The Morgan fingerprint density at radius 2 is 2.05 bits per heavy atom. The zero-order valence-corrected chi connectivity index (χ0v) is 12.2. The SMILES string of the molecule is CC1(C)CCC(N(CC(=O)O)c2ccc(Cl)cc2)C1. The summed E-state index contributed by atoms with van der Waals surface area (Å²) in [6.07, 6.45) is 3.22. The van der Waals surface area contributed by atoms with Crippen LogP contribution in [0.2, 0.25) is 5.02 Å². The minimum Gasteiger partial charge on any atom is -0.480 e. The number of carboxylic acids is 1. The summed E-state index contributed by atoms with van der Waals surface area (Å²) >= 11 is 5.89. The van der Waals surface area contributed by atoms with Crippen LogP contribution in [0.15, 0.2) is 24.3 Å². The summed E-state index contributed by atoms with van der Waals surface area (Å²) in [6.45, 7) is 4.53. The van der Waals surface area contributed by atoms with Gasteiger partial charge in [0.2, 0.25) is 0 Å². The molecule has 1 fully saturated rings. The number of anilines is 1. The highest BCUT2D eigenvalue weighted by atomic mass is 35.5. The third-order valence-corrected chi connectivity index (χ3v) is 4.10. The van der Waals surface area contributed by atoms with Crippen LogP contribution in [-0.2, 0) is 4.79 Å². The van der Waals surface area contributed by atoms with Gasteiger partial charge in [-0.2, -0.15) is 0 Å². The lowest BCUT2D eigenvalue weighted by molar-refractivity contribution is -0.135. The van der Waals surface area contributed by atoms with Crippen LogP contribution < -0.4 is 4.90 Å². The largest absolute Gasteiger partial charge is 0.480 e. The quantitative estimate of drug-likeness (QED) is 0.912. The van der Waals surface area contributed by atoms with Crippen LogP contribution in [0.5, 0.6) is 0 Å². The van der Waals surface area contributed by atoms with E-state index in [0.717, 1.165) is 24.9 Å². The maximum absolute atomic E-state index is 11.1. The maximum atomic E-state index is 11.1. The second-order valence-corrected chi connectivity index (χ2v) is 6.50. The van der Waals surface area contributed by atoms with Crippen molar-refractivity contribution in [1.29, 1.82) is 0 Å². The molecule has 1 unspecified atom stereocenters. The summed E-state index contributed by atoms with van der Waals surface area (Å²) in [5, 5.41) is 9.79. The number of carboxylic acid groups (broad SMARTS) is 1. The number of halogens is 1. The van der Waals surface area contributed by atoms with Gasteiger partial charge in [-0.1, -0.05) is 25.4 Å². The smallest absolute Gasteiger partial charge is 0.323 e. The van der Waals surface area contributed by atoms with Gasteiger partial charge in [-0.05, 0) is 48.9 Å². The first-order valence-corrected chi connectivity index (χ1v) is 6.99. The first-order valence-electron chi connectivity index (χ1n) is 6.61. The molecule has 1 atom stereocenters. The predicted octanol–water partition coefficient (Wildman–Crippen LogP) is 3.81. The lowest BCUT2D eigenvalue weighted by Crippen LogP contribution is -2.38. The summed E-state index contributed by atoms with van der Waals surface area (Å²) in [5.41, 5.74) is 1.24. The van der Waals surface area contributed by atoms with Crippen molar-refractivity contribution in [3.8, 4) is 0 Å². The number of hydrogen-bond donors (Lipinski definition) is 1. The molecule has 0 radical (unpaired) electrons. The molecule has 1 aliphatic carbocycles. The number of aliphatic carboxylic acids is 1. The number of rotatable bonds is 4. The highest BCUT2D eigenvalue weighted by Gasteiger charge is 2.35. The van der Waals surface area contributed by atoms with Crippen molar-refractivity contribution in [3.05, 3.63) is 29.3 Å². The highest BCUT2D eigenvalue weighted by Crippen LogP contribution is 2.40. The molecule has 1 aromatic carbocycles. The van der Waals surface area contributed by atoms with Gasteiger partial charge in [0.05, 0.1) is 0 Å². The Morgan fingerprint density at radius 1 is 1.42 bits per heavy atom. The molecule has 0 aliphatic heterocycles. The number of hydrogen-bond acceptors (Lipinski definition) is 2. The summed E-state index contributed by atoms with van der Waals surface area (Å²) in [4.78, 5) is 13.1. The molecule has 0 amide bonds. The van der Waals surface area contributed by atoms with Crippen molar-refractivity contribution in [3.63, 3.8) is 0 Å². The molecule has 0 bridgehead atoms. The Labute approximate surface area is 119 Å². The van der Waals surface area contributed by atoms with Gasteiger partial charge in [0.1, 0.15) is 6.54 Å². The zero-order valence-electron chi connectivity index (χ0n) is 11.4. The summed E-state index contributed by atoms with van der Waals surface area (Å²) in [6, 6.07) is 7.72. The van der Waals surface area contributed by atoms with Crippen LogP contribution in [-0.4, -0.2) is 23.7 Å². The summed E-state index contributed by atoms with van der Waals surface area (Å²) in [7, 11) is 0. The first kappa shape index (κ1) is 14.2. The fourth-order valence-electron chi connectivity index (χ4n) is 2.87. The molecule has 1 saturated carbocycles. The molecule has 0 aromatic heterocycles. The van der Waals surface area contributed by atoms with Crippen LogP contribution in [0.4, 0.5) is 5.69 Å². The first-order chi connectivity index (χ1) is 8.87. The van der Waals surface area contributed by atoms with Crippen LogP contribution in [0.25, 0.3) is 0 Å². The van der Waals surface area contributed by atoms with E-state index in [-0.39, 0.29) is 6.54 Å². The molecular formula is C15H20ClNO2. The van der Waals surface area contributed by atoms with Crippen LogP contribution in [0, 0.1) is 5.41 Å². The topological polar surface area (TPSA) is 40.5 Å². The molecule has 3 nitrogen and oxygen atoms in total. The van der Waals surface area contributed by atoms with Gasteiger partial charge in [-0.15, -0.1) is 0 Å². The van der Waals surface area contributed by atoms with Gasteiger partial charge in [0.15, 0.2) is 0 Å². The van der Waals surface area contributed by atoms with E-state index in [9.17, 15) is 4.79 Å². The molecule has 2 rings (SSSR count). The van der Waals surface area contributed by atoms with Gasteiger partial charge in [-0.3, -0.25) is 4.79 Å².